The molecule has 0 spiro atoms. The van der Waals surface area contributed by atoms with E-state index in [-0.39, 0.29) is 21.3 Å². The summed E-state index contributed by atoms with van der Waals surface area (Å²) in [5, 5.41) is 10.2. The van der Waals surface area contributed by atoms with Crippen LogP contribution < -0.4 is 14.8 Å². The standard InChI is InChI=1S/C18H24N4O4S2/c1-10(2)15(23)19-16-20-21-17(27-16)28(24,25)22-13-9-18(4,5)26-14-7-6-11(3)8-12(13)14/h6-8,10,13,22H,9H2,1-5H3,(H,19,20,23). The smallest absolute Gasteiger partial charge is 0.270 e. The molecular formula is C18H24N4O4S2. The van der Waals surface area contributed by atoms with Crippen LogP contribution in [0.1, 0.15) is 51.3 Å². The lowest BCUT2D eigenvalue weighted by Gasteiger charge is -2.37. The molecule has 1 amide bonds. The molecule has 0 fully saturated rings. The van der Waals surface area contributed by atoms with Gasteiger partial charge in [-0.05, 0) is 26.8 Å². The van der Waals surface area contributed by atoms with Crippen molar-refractivity contribution in [3.8, 4) is 5.75 Å². The summed E-state index contributed by atoms with van der Waals surface area (Å²) >= 11 is 0.823. The van der Waals surface area contributed by atoms with E-state index < -0.39 is 21.7 Å². The fourth-order valence-corrected chi connectivity index (χ4v) is 5.07. The third-order valence-corrected chi connectivity index (χ3v) is 6.99. The van der Waals surface area contributed by atoms with Gasteiger partial charge in [-0.1, -0.05) is 42.9 Å². The fourth-order valence-electron chi connectivity index (χ4n) is 2.94. The molecule has 3 rings (SSSR count). The van der Waals surface area contributed by atoms with Crippen molar-refractivity contribution in [2.24, 2.45) is 5.92 Å². The van der Waals surface area contributed by atoms with Gasteiger partial charge in [-0.25, -0.2) is 13.1 Å². The van der Waals surface area contributed by atoms with Gasteiger partial charge in [0.2, 0.25) is 15.4 Å². The van der Waals surface area contributed by atoms with E-state index >= 15 is 0 Å². The van der Waals surface area contributed by atoms with E-state index in [1.807, 2.05) is 39.0 Å². The predicted molar refractivity (Wildman–Crippen MR) is 107 cm³/mol. The first-order valence-corrected chi connectivity index (χ1v) is 11.2. The Bertz CT molecular complexity index is 999. The van der Waals surface area contributed by atoms with Crippen LogP contribution in [0.2, 0.25) is 0 Å². The van der Waals surface area contributed by atoms with Gasteiger partial charge in [0, 0.05) is 17.9 Å². The molecule has 2 heterocycles. The second-order valence-electron chi connectivity index (χ2n) is 7.80. The van der Waals surface area contributed by atoms with E-state index in [1.54, 1.807) is 13.8 Å². The van der Waals surface area contributed by atoms with Crippen molar-refractivity contribution in [3.63, 3.8) is 0 Å². The number of hydrogen-bond acceptors (Lipinski definition) is 7. The summed E-state index contributed by atoms with van der Waals surface area (Å²) in [6.07, 6.45) is 0.471. The van der Waals surface area contributed by atoms with Crippen LogP contribution in [-0.4, -0.2) is 30.1 Å². The van der Waals surface area contributed by atoms with Crippen molar-refractivity contribution in [1.29, 1.82) is 0 Å². The molecule has 1 aliphatic heterocycles. The molecule has 1 aromatic carbocycles. The lowest BCUT2D eigenvalue weighted by atomic mass is 9.89. The number of aromatic nitrogens is 2. The molecule has 0 saturated carbocycles. The first kappa shape index (κ1) is 20.7. The van der Waals surface area contributed by atoms with E-state index in [1.165, 1.54) is 0 Å². The molecule has 28 heavy (non-hydrogen) atoms. The molecule has 0 bridgehead atoms. The van der Waals surface area contributed by atoms with Gasteiger partial charge in [-0.3, -0.25) is 4.79 Å². The second-order valence-corrected chi connectivity index (χ2v) is 10.7. The average molecular weight is 425 g/mol. The van der Waals surface area contributed by atoms with Crippen LogP contribution >= 0.6 is 11.3 Å². The van der Waals surface area contributed by atoms with Crippen molar-refractivity contribution in [3.05, 3.63) is 29.3 Å². The van der Waals surface area contributed by atoms with Gasteiger partial charge in [0.1, 0.15) is 11.4 Å². The minimum atomic E-state index is -3.91. The third-order valence-electron chi connectivity index (χ3n) is 4.31. The molecule has 0 radical (unpaired) electrons. The number of ether oxygens (including phenoxy) is 1. The Hall–Kier alpha value is -2.04. The number of fused-ring (bicyclic) bond motifs is 1. The van der Waals surface area contributed by atoms with E-state index in [0.29, 0.717) is 12.2 Å². The zero-order valence-electron chi connectivity index (χ0n) is 16.4. The normalized spacial score (nSPS) is 18.4. The number of hydrogen-bond donors (Lipinski definition) is 2. The first-order chi connectivity index (χ1) is 13.0. The van der Waals surface area contributed by atoms with Crippen molar-refractivity contribution in [2.45, 2.75) is 57.0 Å². The average Bonchev–Trinajstić information content (AvgIpc) is 3.04. The Kier molecular flexibility index (Phi) is 5.48. The van der Waals surface area contributed by atoms with Crippen molar-refractivity contribution >= 4 is 32.4 Å². The molecule has 0 saturated heterocycles. The highest BCUT2D eigenvalue weighted by Gasteiger charge is 2.37. The predicted octanol–water partition coefficient (Wildman–Crippen LogP) is 3.02. The number of rotatable bonds is 5. The molecule has 1 unspecified atom stereocenters. The summed E-state index contributed by atoms with van der Waals surface area (Å²) in [6, 6.07) is 5.25. The highest BCUT2D eigenvalue weighted by molar-refractivity contribution is 7.91. The van der Waals surface area contributed by atoms with Gasteiger partial charge in [0.15, 0.2) is 0 Å². The van der Waals surface area contributed by atoms with Crippen LogP contribution in [-0.2, 0) is 14.8 Å². The fraction of sp³-hybridized carbons (Fsp3) is 0.500. The molecule has 8 nitrogen and oxygen atoms in total. The number of carbonyl (C=O) groups excluding carboxylic acids is 1. The Labute approximate surface area is 168 Å². The quantitative estimate of drug-likeness (QED) is 0.714. The molecule has 1 atom stereocenters. The molecule has 2 aromatic rings. The van der Waals surface area contributed by atoms with Crippen LogP contribution in [0, 0.1) is 12.8 Å². The highest BCUT2D eigenvalue weighted by atomic mass is 32.2. The molecule has 1 aliphatic rings. The van der Waals surface area contributed by atoms with E-state index in [0.717, 1.165) is 22.5 Å². The molecular weight excluding hydrogens is 400 g/mol. The van der Waals surface area contributed by atoms with Gasteiger partial charge in [-0.2, -0.15) is 0 Å². The number of amides is 1. The Morgan fingerprint density at radius 1 is 1.32 bits per heavy atom. The summed E-state index contributed by atoms with van der Waals surface area (Å²) in [4.78, 5) is 11.8. The summed E-state index contributed by atoms with van der Waals surface area (Å²) in [6.45, 7) is 9.26. The number of nitrogens with zero attached hydrogens (tertiary/aromatic N) is 2. The number of anilines is 1. The van der Waals surface area contributed by atoms with Gasteiger partial charge in [0.05, 0.1) is 6.04 Å². The topological polar surface area (TPSA) is 110 Å². The van der Waals surface area contributed by atoms with E-state index in [4.69, 9.17) is 4.74 Å². The molecule has 1 aromatic heterocycles. The maximum Gasteiger partial charge on any atom is 0.270 e. The van der Waals surface area contributed by atoms with Crippen LogP contribution in [0.15, 0.2) is 22.5 Å². The lowest BCUT2D eigenvalue weighted by molar-refractivity contribution is -0.118. The van der Waals surface area contributed by atoms with Crippen LogP contribution in [0.3, 0.4) is 0 Å². The third kappa shape index (κ3) is 4.50. The zero-order valence-corrected chi connectivity index (χ0v) is 18.1. The Balaban J connectivity index is 1.86. The summed E-state index contributed by atoms with van der Waals surface area (Å²) < 4.78 is 34.3. The Morgan fingerprint density at radius 2 is 2.04 bits per heavy atom. The van der Waals surface area contributed by atoms with Gasteiger partial charge in [0.25, 0.3) is 10.0 Å². The van der Waals surface area contributed by atoms with Gasteiger partial charge >= 0.3 is 0 Å². The number of aryl methyl sites for hydroxylation is 1. The SMILES string of the molecule is Cc1ccc2c(c1)C(NS(=O)(=O)c1nnc(NC(=O)C(C)C)s1)CC(C)(C)O2. The van der Waals surface area contributed by atoms with Crippen LogP contribution in [0.5, 0.6) is 5.75 Å². The van der Waals surface area contributed by atoms with Crippen molar-refractivity contribution in [1.82, 2.24) is 14.9 Å². The molecule has 2 N–H and O–H groups in total. The van der Waals surface area contributed by atoms with Gasteiger partial charge < -0.3 is 10.1 Å². The van der Waals surface area contributed by atoms with E-state index in [2.05, 4.69) is 20.2 Å². The minimum absolute atomic E-state index is 0.155. The number of benzene rings is 1. The monoisotopic (exact) mass is 424 g/mol. The summed E-state index contributed by atoms with van der Waals surface area (Å²) in [5.74, 6) is 0.173. The van der Waals surface area contributed by atoms with Gasteiger partial charge in [-0.15, -0.1) is 10.2 Å². The summed E-state index contributed by atoms with van der Waals surface area (Å²) in [7, 11) is -3.91. The zero-order chi connectivity index (χ0) is 20.7. The molecule has 10 heteroatoms. The van der Waals surface area contributed by atoms with Crippen molar-refractivity contribution < 1.29 is 17.9 Å². The van der Waals surface area contributed by atoms with Crippen LogP contribution in [0.25, 0.3) is 0 Å². The van der Waals surface area contributed by atoms with Crippen LogP contribution in [0.4, 0.5) is 5.13 Å². The highest BCUT2D eigenvalue weighted by Crippen LogP contribution is 2.40. The van der Waals surface area contributed by atoms with Crippen molar-refractivity contribution in [2.75, 3.05) is 5.32 Å². The second kappa shape index (κ2) is 7.41. The molecule has 0 aliphatic carbocycles. The largest absolute Gasteiger partial charge is 0.487 e. The first-order valence-electron chi connectivity index (χ1n) is 8.93. The van der Waals surface area contributed by atoms with E-state index in [9.17, 15) is 13.2 Å². The maximum absolute atomic E-state index is 12.9. The summed E-state index contributed by atoms with van der Waals surface area (Å²) in [5.41, 5.74) is 1.29. The number of sulfonamides is 1. The number of carbonyl (C=O) groups is 1. The number of nitrogens with one attached hydrogen (secondary N) is 2. The maximum atomic E-state index is 12.9. The molecule has 152 valence electrons. The lowest BCUT2D eigenvalue weighted by Crippen LogP contribution is -2.41. The minimum Gasteiger partial charge on any atom is -0.487 e. The Morgan fingerprint density at radius 3 is 2.71 bits per heavy atom.